The number of ether oxygens (including phenoxy) is 2. The predicted molar refractivity (Wildman–Crippen MR) is 121 cm³/mol. The number of unbranched alkanes of at least 4 members (excludes halogenated alkanes) is 2. The fraction of sp³-hybridized carbons (Fsp3) is 0.680. The molecule has 0 aromatic carbocycles. The van der Waals surface area contributed by atoms with Crippen molar-refractivity contribution in [3.63, 3.8) is 0 Å². The van der Waals surface area contributed by atoms with Crippen LogP contribution < -0.4 is 0 Å². The Hall–Kier alpha value is -2.48. The summed E-state index contributed by atoms with van der Waals surface area (Å²) in [5.74, 6) is -0.711. The Labute approximate surface area is 195 Å². The summed E-state index contributed by atoms with van der Waals surface area (Å²) in [4.78, 5) is 25.1. The van der Waals surface area contributed by atoms with Crippen molar-refractivity contribution in [1.82, 2.24) is 15.0 Å². The molecule has 1 N–H and O–H groups in total. The third kappa shape index (κ3) is 4.90. The molecule has 180 valence electrons. The number of carbonyl (C=O) groups excluding carboxylic acids is 2. The Bertz CT molecular complexity index is 952. The fourth-order valence-corrected chi connectivity index (χ4v) is 5.67. The monoisotopic (exact) mass is 457 g/mol. The van der Waals surface area contributed by atoms with Gasteiger partial charge in [0.1, 0.15) is 11.7 Å². The van der Waals surface area contributed by atoms with Crippen LogP contribution in [0.3, 0.4) is 0 Å². The zero-order valence-electron chi connectivity index (χ0n) is 19.7. The summed E-state index contributed by atoms with van der Waals surface area (Å²) in [6.45, 7) is 9.06. The van der Waals surface area contributed by atoms with Crippen molar-refractivity contribution in [3.05, 3.63) is 35.2 Å². The number of carbonyl (C=O) groups is 2. The van der Waals surface area contributed by atoms with Crippen LogP contribution in [0.5, 0.6) is 0 Å². The van der Waals surface area contributed by atoms with Crippen LogP contribution in [0.4, 0.5) is 0 Å². The molecule has 8 heteroatoms. The number of aromatic nitrogens is 3. The van der Waals surface area contributed by atoms with E-state index in [2.05, 4.69) is 23.8 Å². The molecule has 8 nitrogen and oxygen atoms in total. The minimum atomic E-state index is -0.698. The third-order valence-corrected chi connectivity index (χ3v) is 7.54. The van der Waals surface area contributed by atoms with Gasteiger partial charge in [0.15, 0.2) is 0 Å². The van der Waals surface area contributed by atoms with Gasteiger partial charge < -0.3 is 14.6 Å². The molecule has 0 amide bonds. The third-order valence-electron chi connectivity index (χ3n) is 7.54. The molecule has 1 saturated heterocycles. The molecule has 0 radical (unpaired) electrons. The van der Waals surface area contributed by atoms with Gasteiger partial charge in [-0.1, -0.05) is 22.9 Å². The summed E-state index contributed by atoms with van der Waals surface area (Å²) >= 11 is 0. The van der Waals surface area contributed by atoms with Gasteiger partial charge in [0.2, 0.25) is 0 Å². The van der Waals surface area contributed by atoms with Gasteiger partial charge in [0, 0.05) is 37.3 Å². The number of nitrogens with zero attached hydrogens (tertiary/aromatic N) is 3. The molecule has 0 unspecified atom stereocenters. The quantitative estimate of drug-likeness (QED) is 0.263. The van der Waals surface area contributed by atoms with Crippen LogP contribution in [0.15, 0.2) is 29.5 Å². The molecule has 2 aliphatic carbocycles. The highest BCUT2D eigenvalue weighted by atomic mass is 16.6. The molecule has 1 aliphatic heterocycles. The van der Waals surface area contributed by atoms with E-state index in [0.29, 0.717) is 12.0 Å². The van der Waals surface area contributed by atoms with Gasteiger partial charge in [-0.15, -0.1) is 5.10 Å². The van der Waals surface area contributed by atoms with E-state index in [9.17, 15) is 9.59 Å². The Morgan fingerprint density at radius 2 is 2.18 bits per heavy atom. The standard InChI is InChI=1S/C25H35N3O5/c1-16-7-9-20-17(2)24(31)32-23(20)22-19(16)11-12-25(22,3)33-21(30)10-8-18-15-28(27-26-18)13-5-4-6-14-29/h15,20,22-23,29H,2,4-14H2,1,3H3/t20-,22-,23-,25+/m0/s1. The zero-order chi connectivity index (χ0) is 23.6. The minimum Gasteiger partial charge on any atom is -0.459 e. The van der Waals surface area contributed by atoms with Crippen LogP contribution in [0.25, 0.3) is 0 Å². The largest absolute Gasteiger partial charge is 0.459 e. The second-order valence-electron chi connectivity index (χ2n) is 9.87. The van der Waals surface area contributed by atoms with Crippen molar-refractivity contribution in [1.29, 1.82) is 0 Å². The van der Waals surface area contributed by atoms with E-state index in [1.165, 1.54) is 11.1 Å². The van der Waals surface area contributed by atoms with Crippen molar-refractivity contribution in [3.8, 4) is 0 Å². The number of hydrogen-bond donors (Lipinski definition) is 1. The molecule has 2 fully saturated rings. The van der Waals surface area contributed by atoms with E-state index in [0.717, 1.165) is 57.2 Å². The lowest BCUT2D eigenvalue weighted by Crippen LogP contribution is -2.44. The Morgan fingerprint density at radius 3 is 2.97 bits per heavy atom. The summed E-state index contributed by atoms with van der Waals surface area (Å²) in [7, 11) is 0. The number of aliphatic hydroxyl groups is 1. The van der Waals surface area contributed by atoms with Crippen molar-refractivity contribution in [2.45, 2.75) is 89.9 Å². The molecule has 1 aromatic rings. The SMILES string of the molecule is C=C1C(=O)O[C@H]2[C@H]1CCC(C)=C1CC[C@@](C)(OC(=O)CCc3cn(CCCCCO)nn3)[C@@H]12. The molecule has 0 bridgehead atoms. The fourth-order valence-electron chi connectivity index (χ4n) is 5.67. The number of esters is 2. The van der Waals surface area contributed by atoms with Crippen molar-refractivity contribution in [2.24, 2.45) is 11.8 Å². The van der Waals surface area contributed by atoms with Crippen LogP contribution in [-0.2, 0) is 32.0 Å². The van der Waals surface area contributed by atoms with E-state index in [-0.39, 0.29) is 42.9 Å². The van der Waals surface area contributed by atoms with Crippen LogP contribution in [0.2, 0.25) is 0 Å². The molecule has 0 spiro atoms. The van der Waals surface area contributed by atoms with Gasteiger partial charge in [-0.25, -0.2) is 4.79 Å². The van der Waals surface area contributed by atoms with E-state index < -0.39 is 5.60 Å². The lowest BCUT2D eigenvalue weighted by Gasteiger charge is -2.36. The van der Waals surface area contributed by atoms with Gasteiger partial charge in [-0.2, -0.15) is 0 Å². The van der Waals surface area contributed by atoms with Crippen molar-refractivity contribution in [2.75, 3.05) is 6.61 Å². The number of allylic oxidation sites excluding steroid dienone is 1. The van der Waals surface area contributed by atoms with Gasteiger partial charge in [0.05, 0.1) is 18.0 Å². The topological polar surface area (TPSA) is 104 Å². The van der Waals surface area contributed by atoms with E-state index in [1.54, 1.807) is 4.68 Å². The Kier molecular flexibility index (Phi) is 7.02. The van der Waals surface area contributed by atoms with Crippen LogP contribution in [-0.4, -0.2) is 50.4 Å². The summed E-state index contributed by atoms with van der Waals surface area (Å²) in [5, 5.41) is 17.1. The summed E-state index contributed by atoms with van der Waals surface area (Å²) < 4.78 is 13.7. The minimum absolute atomic E-state index is 0.0153. The second-order valence-corrected chi connectivity index (χ2v) is 9.87. The Morgan fingerprint density at radius 1 is 1.36 bits per heavy atom. The van der Waals surface area contributed by atoms with E-state index in [4.69, 9.17) is 14.6 Å². The number of fused-ring (bicyclic) bond motifs is 3. The molecule has 4 atom stereocenters. The lowest BCUT2D eigenvalue weighted by atomic mass is 9.79. The number of aliphatic hydroxyl groups excluding tert-OH is 1. The first-order chi connectivity index (χ1) is 15.8. The van der Waals surface area contributed by atoms with Crippen LogP contribution in [0.1, 0.15) is 70.9 Å². The molecule has 1 saturated carbocycles. The lowest BCUT2D eigenvalue weighted by molar-refractivity contribution is -0.167. The molecule has 33 heavy (non-hydrogen) atoms. The number of rotatable bonds is 9. The van der Waals surface area contributed by atoms with Crippen LogP contribution in [0, 0.1) is 11.8 Å². The van der Waals surface area contributed by atoms with Gasteiger partial charge in [-0.05, 0) is 58.8 Å². The highest BCUT2D eigenvalue weighted by molar-refractivity contribution is 5.91. The predicted octanol–water partition coefficient (Wildman–Crippen LogP) is 3.29. The molecule has 3 aliphatic rings. The molecule has 4 rings (SSSR count). The zero-order valence-corrected chi connectivity index (χ0v) is 19.7. The number of hydrogen-bond acceptors (Lipinski definition) is 7. The molecular weight excluding hydrogens is 422 g/mol. The maximum Gasteiger partial charge on any atom is 0.334 e. The maximum atomic E-state index is 12.8. The summed E-state index contributed by atoms with van der Waals surface area (Å²) in [6, 6.07) is 0. The van der Waals surface area contributed by atoms with Crippen molar-refractivity contribution >= 4 is 11.9 Å². The first-order valence-corrected chi connectivity index (χ1v) is 12.1. The van der Waals surface area contributed by atoms with Crippen molar-refractivity contribution < 1.29 is 24.2 Å². The van der Waals surface area contributed by atoms with Gasteiger partial charge >= 0.3 is 11.9 Å². The maximum absolute atomic E-state index is 12.8. The first kappa shape index (κ1) is 23.7. The van der Waals surface area contributed by atoms with Gasteiger partial charge in [-0.3, -0.25) is 9.48 Å². The molecular formula is C25H35N3O5. The normalized spacial score (nSPS) is 29.0. The van der Waals surface area contributed by atoms with E-state index in [1.807, 2.05) is 13.1 Å². The first-order valence-electron chi connectivity index (χ1n) is 12.1. The average molecular weight is 458 g/mol. The number of aryl methyl sites for hydroxylation is 2. The second kappa shape index (κ2) is 9.79. The molecule has 1 aromatic heterocycles. The van der Waals surface area contributed by atoms with Gasteiger partial charge in [0.25, 0.3) is 0 Å². The summed E-state index contributed by atoms with van der Waals surface area (Å²) in [5.41, 5.74) is 3.22. The summed E-state index contributed by atoms with van der Waals surface area (Å²) in [6.07, 6.45) is 8.28. The average Bonchev–Trinajstić information content (AvgIpc) is 3.42. The highest BCUT2D eigenvalue weighted by Gasteiger charge is 2.56. The molecule has 2 heterocycles. The highest BCUT2D eigenvalue weighted by Crippen LogP contribution is 2.53. The van der Waals surface area contributed by atoms with E-state index >= 15 is 0 Å². The Balaban J connectivity index is 1.37. The van der Waals surface area contributed by atoms with Crippen LogP contribution >= 0.6 is 0 Å². The smallest absolute Gasteiger partial charge is 0.334 e.